The van der Waals surface area contributed by atoms with E-state index in [0.717, 1.165) is 0 Å². The van der Waals surface area contributed by atoms with E-state index in [1.165, 1.54) is 12.0 Å². The second-order valence-electron chi connectivity index (χ2n) is 3.74. The minimum atomic E-state index is -4.15. The van der Waals surface area contributed by atoms with Crippen LogP contribution >= 0.6 is 0 Å². The summed E-state index contributed by atoms with van der Waals surface area (Å²) in [4.78, 5) is 14.1. The Morgan fingerprint density at radius 2 is 1.69 bits per heavy atom. The molecule has 4 nitrogen and oxygen atoms in total. The molecule has 7 heteroatoms. The van der Waals surface area contributed by atoms with Crippen LogP contribution in [0.15, 0.2) is 0 Å². The Bertz CT molecular complexity index is 237. The number of piperazine rings is 1. The molecule has 0 amide bonds. The largest absolute Gasteiger partial charge is 0.468 e. The molecular formula is C9H15F3N2O2. The minimum absolute atomic E-state index is 0.149. The lowest BCUT2D eigenvalue weighted by atomic mass is 10.3. The summed E-state index contributed by atoms with van der Waals surface area (Å²) >= 11 is 0. The summed E-state index contributed by atoms with van der Waals surface area (Å²) in [6.07, 6.45) is -4.15. The van der Waals surface area contributed by atoms with Crippen LogP contribution < -0.4 is 0 Å². The molecule has 1 heterocycles. The van der Waals surface area contributed by atoms with E-state index in [9.17, 15) is 18.0 Å². The third kappa shape index (κ3) is 4.80. The van der Waals surface area contributed by atoms with E-state index in [1.54, 1.807) is 4.90 Å². The summed E-state index contributed by atoms with van der Waals surface area (Å²) in [6.45, 7) is 0.860. The van der Waals surface area contributed by atoms with Gasteiger partial charge >= 0.3 is 12.1 Å². The number of nitrogens with zero attached hydrogens (tertiary/aromatic N) is 2. The van der Waals surface area contributed by atoms with Crippen LogP contribution in [0.2, 0.25) is 0 Å². The minimum Gasteiger partial charge on any atom is -0.468 e. The number of hydrogen-bond donors (Lipinski definition) is 0. The molecule has 1 saturated heterocycles. The summed E-state index contributed by atoms with van der Waals surface area (Å²) in [5, 5.41) is 0. The summed E-state index contributed by atoms with van der Waals surface area (Å²) in [5.74, 6) is -0.357. The fourth-order valence-corrected chi connectivity index (χ4v) is 1.61. The van der Waals surface area contributed by atoms with Gasteiger partial charge in [-0.3, -0.25) is 14.6 Å². The van der Waals surface area contributed by atoms with Gasteiger partial charge in [0, 0.05) is 26.2 Å². The highest BCUT2D eigenvalue weighted by molar-refractivity contribution is 5.71. The maximum atomic E-state index is 12.1. The summed E-state index contributed by atoms with van der Waals surface area (Å²) < 4.78 is 40.7. The van der Waals surface area contributed by atoms with Gasteiger partial charge in [-0.05, 0) is 0 Å². The number of carbonyl (C=O) groups excluding carboxylic acids is 1. The lowest BCUT2D eigenvalue weighted by molar-refractivity contribution is -0.152. The van der Waals surface area contributed by atoms with E-state index in [0.29, 0.717) is 26.2 Å². The zero-order valence-electron chi connectivity index (χ0n) is 9.09. The Hall–Kier alpha value is -0.820. The maximum absolute atomic E-state index is 12.1. The number of hydrogen-bond acceptors (Lipinski definition) is 4. The van der Waals surface area contributed by atoms with Gasteiger partial charge in [0.2, 0.25) is 0 Å². The van der Waals surface area contributed by atoms with Crippen molar-refractivity contribution in [2.24, 2.45) is 0 Å². The van der Waals surface area contributed by atoms with Crippen LogP contribution in [0.3, 0.4) is 0 Å². The molecule has 0 saturated carbocycles. The van der Waals surface area contributed by atoms with Gasteiger partial charge in [0.1, 0.15) is 0 Å². The highest BCUT2D eigenvalue weighted by Gasteiger charge is 2.32. The molecule has 0 aromatic carbocycles. The standard InChI is InChI=1S/C9H15F3N2O2/c1-16-8(15)6-13-2-4-14(5-3-13)7-9(10,11)12/h2-7H2,1H3. The lowest BCUT2D eigenvalue weighted by Gasteiger charge is -2.34. The summed E-state index contributed by atoms with van der Waals surface area (Å²) in [6, 6.07) is 0. The Labute approximate surface area is 91.9 Å². The normalized spacial score (nSPS) is 19.8. The van der Waals surface area contributed by atoms with E-state index in [2.05, 4.69) is 4.74 Å². The van der Waals surface area contributed by atoms with Gasteiger partial charge in [-0.2, -0.15) is 13.2 Å². The van der Waals surface area contributed by atoms with Crippen molar-refractivity contribution in [2.45, 2.75) is 6.18 Å². The lowest BCUT2D eigenvalue weighted by Crippen LogP contribution is -2.50. The molecule has 0 atom stereocenters. The third-order valence-corrected chi connectivity index (χ3v) is 2.45. The van der Waals surface area contributed by atoms with E-state index >= 15 is 0 Å². The van der Waals surface area contributed by atoms with E-state index in [-0.39, 0.29) is 12.5 Å². The van der Waals surface area contributed by atoms with Crippen molar-refractivity contribution in [2.75, 3.05) is 46.4 Å². The second kappa shape index (κ2) is 5.49. The van der Waals surface area contributed by atoms with Crippen LogP contribution in [0.1, 0.15) is 0 Å². The zero-order valence-corrected chi connectivity index (χ0v) is 9.09. The number of ether oxygens (including phenoxy) is 1. The smallest absolute Gasteiger partial charge is 0.401 e. The third-order valence-electron chi connectivity index (χ3n) is 2.45. The quantitative estimate of drug-likeness (QED) is 0.666. The highest BCUT2D eigenvalue weighted by Crippen LogP contribution is 2.17. The van der Waals surface area contributed by atoms with Crippen molar-refractivity contribution in [1.29, 1.82) is 0 Å². The predicted molar refractivity (Wildman–Crippen MR) is 51.0 cm³/mol. The molecule has 94 valence electrons. The van der Waals surface area contributed by atoms with Gasteiger partial charge in [0.15, 0.2) is 0 Å². The molecule has 0 aromatic heterocycles. The first-order chi connectivity index (χ1) is 7.40. The molecule has 1 aliphatic heterocycles. The number of methoxy groups -OCH3 is 1. The first-order valence-corrected chi connectivity index (χ1v) is 4.99. The molecule has 1 fully saturated rings. The van der Waals surface area contributed by atoms with Crippen molar-refractivity contribution in [3.8, 4) is 0 Å². The highest BCUT2D eigenvalue weighted by atomic mass is 19.4. The molecule has 0 aliphatic carbocycles. The van der Waals surface area contributed by atoms with Gasteiger partial charge in [-0.15, -0.1) is 0 Å². The van der Waals surface area contributed by atoms with Crippen LogP contribution in [0.4, 0.5) is 13.2 Å². The van der Waals surface area contributed by atoms with Crippen molar-refractivity contribution in [3.63, 3.8) is 0 Å². The van der Waals surface area contributed by atoms with Crippen LogP contribution in [0.25, 0.3) is 0 Å². The monoisotopic (exact) mass is 240 g/mol. The molecule has 0 bridgehead atoms. The maximum Gasteiger partial charge on any atom is 0.401 e. The van der Waals surface area contributed by atoms with E-state index in [4.69, 9.17) is 0 Å². The topological polar surface area (TPSA) is 32.8 Å². The molecule has 1 aliphatic rings. The summed E-state index contributed by atoms with van der Waals surface area (Å²) in [5.41, 5.74) is 0. The number of alkyl halides is 3. The summed E-state index contributed by atoms with van der Waals surface area (Å²) in [7, 11) is 1.29. The molecule has 0 spiro atoms. The van der Waals surface area contributed by atoms with Gasteiger partial charge in [-0.1, -0.05) is 0 Å². The fourth-order valence-electron chi connectivity index (χ4n) is 1.61. The molecular weight excluding hydrogens is 225 g/mol. The van der Waals surface area contributed by atoms with Crippen molar-refractivity contribution >= 4 is 5.97 Å². The van der Waals surface area contributed by atoms with Crippen molar-refractivity contribution in [1.82, 2.24) is 9.80 Å². The van der Waals surface area contributed by atoms with E-state index < -0.39 is 12.7 Å². The number of esters is 1. The Morgan fingerprint density at radius 3 is 2.12 bits per heavy atom. The Balaban J connectivity index is 2.26. The molecule has 0 radical (unpaired) electrons. The molecule has 1 rings (SSSR count). The molecule has 0 unspecified atom stereocenters. The molecule has 0 aromatic rings. The van der Waals surface area contributed by atoms with Crippen LogP contribution in [-0.2, 0) is 9.53 Å². The number of halogens is 3. The first kappa shape index (κ1) is 13.2. The van der Waals surface area contributed by atoms with Gasteiger partial charge in [0.05, 0.1) is 20.2 Å². The SMILES string of the molecule is COC(=O)CN1CCN(CC(F)(F)F)CC1. The van der Waals surface area contributed by atoms with Crippen LogP contribution in [0.5, 0.6) is 0 Å². The number of carbonyl (C=O) groups is 1. The van der Waals surface area contributed by atoms with E-state index in [1.807, 2.05) is 0 Å². The van der Waals surface area contributed by atoms with Crippen LogP contribution in [0, 0.1) is 0 Å². The Morgan fingerprint density at radius 1 is 1.19 bits per heavy atom. The van der Waals surface area contributed by atoms with Crippen molar-refractivity contribution in [3.05, 3.63) is 0 Å². The Kier molecular flexibility index (Phi) is 4.55. The molecule has 16 heavy (non-hydrogen) atoms. The van der Waals surface area contributed by atoms with Gasteiger partial charge < -0.3 is 4.74 Å². The number of rotatable bonds is 3. The van der Waals surface area contributed by atoms with Gasteiger partial charge in [0.25, 0.3) is 0 Å². The fraction of sp³-hybridized carbons (Fsp3) is 0.889. The van der Waals surface area contributed by atoms with Crippen LogP contribution in [-0.4, -0.2) is 68.3 Å². The zero-order chi connectivity index (χ0) is 12.2. The first-order valence-electron chi connectivity index (χ1n) is 4.99. The van der Waals surface area contributed by atoms with Crippen molar-refractivity contribution < 1.29 is 22.7 Å². The van der Waals surface area contributed by atoms with Gasteiger partial charge in [-0.25, -0.2) is 0 Å². The average Bonchev–Trinajstić information content (AvgIpc) is 2.18. The molecule has 0 N–H and O–H groups in total. The second-order valence-corrected chi connectivity index (χ2v) is 3.74. The predicted octanol–water partition coefficient (Wildman–Crippen LogP) is 0.339. The average molecular weight is 240 g/mol.